The molecule has 2 aromatic rings. The summed E-state index contributed by atoms with van der Waals surface area (Å²) in [4.78, 5) is 45.0. The quantitative estimate of drug-likeness (QED) is 0.805. The van der Waals surface area contributed by atoms with E-state index < -0.39 is 0 Å². The van der Waals surface area contributed by atoms with Gasteiger partial charge >= 0.3 is 0 Å². The Morgan fingerprint density at radius 1 is 1.33 bits per heavy atom. The Balaban J connectivity index is 1.75. The van der Waals surface area contributed by atoms with Crippen LogP contribution in [0, 0.1) is 0 Å². The second kappa shape index (κ2) is 6.68. The summed E-state index contributed by atoms with van der Waals surface area (Å²) in [5, 5.41) is 3.15. The van der Waals surface area contributed by atoms with Crippen LogP contribution in [0.15, 0.2) is 23.5 Å². The van der Waals surface area contributed by atoms with Crippen LogP contribution in [0.25, 0.3) is 5.65 Å². The van der Waals surface area contributed by atoms with Crippen molar-refractivity contribution in [3.05, 3.63) is 46.0 Å². The van der Waals surface area contributed by atoms with Crippen LogP contribution in [0.1, 0.15) is 49.2 Å². The number of nitrogens with one attached hydrogen (secondary N) is 1. The summed E-state index contributed by atoms with van der Waals surface area (Å²) < 4.78 is 1.43. The number of nitrogens with zero attached hydrogens (tertiary/aromatic N) is 4. The molecule has 0 bridgehead atoms. The Kier molecular flexibility index (Phi) is 4.33. The summed E-state index contributed by atoms with van der Waals surface area (Å²) in [5.74, 6) is -0.145. The molecule has 0 aliphatic carbocycles. The lowest BCUT2D eigenvalue weighted by atomic mass is 9.99. The first kappa shape index (κ1) is 17.5. The van der Waals surface area contributed by atoms with Gasteiger partial charge in [-0.2, -0.15) is 0 Å². The average molecular weight is 369 g/mol. The van der Waals surface area contributed by atoms with E-state index in [4.69, 9.17) is 0 Å². The zero-order valence-corrected chi connectivity index (χ0v) is 15.4. The van der Waals surface area contributed by atoms with Crippen molar-refractivity contribution in [3.8, 4) is 0 Å². The number of amides is 2. The fraction of sp³-hybridized carbons (Fsp3) is 0.474. The molecule has 0 radical (unpaired) electrons. The average Bonchev–Trinajstić information content (AvgIpc) is 3.11. The van der Waals surface area contributed by atoms with Crippen LogP contribution in [0.3, 0.4) is 0 Å². The van der Waals surface area contributed by atoms with Gasteiger partial charge in [-0.25, -0.2) is 9.50 Å². The highest BCUT2D eigenvalue weighted by Crippen LogP contribution is 2.30. The van der Waals surface area contributed by atoms with Gasteiger partial charge in [-0.3, -0.25) is 19.5 Å². The fourth-order valence-corrected chi connectivity index (χ4v) is 4.12. The van der Waals surface area contributed by atoms with E-state index in [9.17, 15) is 14.4 Å². The maximum atomic E-state index is 13.0. The molecule has 8 heteroatoms. The third-order valence-electron chi connectivity index (χ3n) is 5.53. The number of aromatic nitrogens is 3. The SMILES string of the molecule is C=CC(=O)N1CCc2nc3cc(C4CCCCN4C(C)=O)[nH]n3c(=O)c2C1. The lowest BCUT2D eigenvalue weighted by molar-refractivity contribution is -0.132. The van der Waals surface area contributed by atoms with Gasteiger partial charge < -0.3 is 9.80 Å². The summed E-state index contributed by atoms with van der Waals surface area (Å²) in [6, 6.07) is 1.81. The second-order valence-corrected chi connectivity index (χ2v) is 7.19. The smallest absolute Gasteiger partial charge is 0.277 e. The molecule has 1 N–H and O–H groups in total. The Labute approximate surface area is 156 Å². The van der Waals surface area contributed by atoms with E-state index in [0.29, 0.717) is 24.2 Å². The van der Waals surface area contributed by atoms with E-state index in [-0.39, 0.29) is 30.0 Å². The standard InChI is InChI=1S/C19H23N5O3/c1-3-18(26)22-9-7-14-13(11-22)19(27)24-17(20-14)10-15(21-24)16-6-4-5-8-23(16)12(2)25/h3,10,16,21H,1,4-9,11H2,2H3. The van der Waals surface area contributed by atoms with E-state index in [2.05, 4.69) is 16.7 Å². The van der Waals surface area contributed by atoms with E-state index >= 15 is 0 Å². The second-order valence-electron chi connectivity index (χ2n) is 7.19. The van der Waals surface area contributed by atoms with Crippen molar-refractivity contribution in [1.82, 2.24) is 24.4 Å². The molecule has 1 saturated heterocycles. The zero-order valence-electron chi connectivity index (χ0n) is 15.4. The van der Waals surface area contributed by atoms with Crippen molar-refractivity contribution in [2.24, 2.45) is 0 Å². The molecule has 4 rings (SSSR count). The monoisotopic (exact) mass is 369 g/mol. The summed E-state index contributed by atoms with van der Waals surface area (Å²) in [7, 11) is 0. The van der Waals surface area contributed by atoms with Gasteiger partial charge in [-0.15, -0.1) is 0 Å². The van der Waals surface area contributed by atoms with Gasteiger partial charge in [-0.1, -0.05) is 6.58 Å². The predicted molar refractivity (Wildman–Crippen MR) is 99.1 cm³/mol. The summed E-state index contributed by atoms with van der Waals surface area (Å²) in [6.07, 6.45) is 4.71. The first-order valence-corrected chi connectivity index (χ1v) is 9.31. The predicted octanol–water partition coefficient (Wildman–Crippen LogP) is 1.17. The largest absolute Gasteiger partial charge is 0.334 e. The highest BCUT2D eigenvalue weighted by molar-refractivity contribution is 5.87. The van der Waals surface area contributed by atoms with Crippen LogP contribution >= 0.6 is 0 Å². The van der Waals surface area contributed by atoms with Crippen LogP contribution in [-0.4, -0.2) is 49.3 Å². The van der Waals surface area contributed by atoms with Crippen molar-refractivity contribution in [1.29, 1.82) is 0 Å². The Morgan fingerprint density at radius 3 is 2.89 bits per heavy atom. The molecule has 0 spiro atoms. The molecule has 1 unspecified atom stereocenters. The highest BCUT2D eigenvalue weighted by atomic mass is 16.2. The minimum Gasteiger partial charge on any atom is -0.334 e. The van der Waals surface area contributed by atoms with Crippen LogP contribution < -0.4 is 5.56 Å². The van der Waals surface area contributed by atoms with Gasteiger partial charge in [0.25, 0.3) is 5.56 Å². The lowest BCUT2D eigenvalue weighted by Crippen LogP contribution is -2.39. The summed E-state index contributed by atoms with van der Waals surface area (Å²) in [5.41, 5.74) is 2.48. The maximum absolute atomic E-state index is 13.0. The first-order valence-electron chi connectivity index (χ1n) is 9.31. The van der Waals surface area contributed by atoms with E-state index in [1.165, 1.54) is 10.6 Å². The Bertz CT molecular complexity index is 989. The van der Waals surface area contributed by atoms with Crippen molar-refractivity contribution in [2.75, 3.05) is 13.1 Å². The van der Waals surface area contributed by atoms with Crippen molar-refractivity contribution < 1.29 is 9.59 Å². The molecule has 0 saturated carbocycles. The third kappa shape index (κ3) is 2.94. The first-order chi connectivity index (χ1) is 13.0. The third-order valence-corrected chi connectivity index (χ3v) is 5.53. The maximum Gasteiger partial charge on any atom is 0.277 e. The van der Waals surface area contributed by atoms with Gasteiger partial charge in [0.1, 0.15) is 0 Å². The number of fused-ring (bicyclic) bond motifs is 2. The Hall–Kier alpha value is -2.90. The fourth-order valence-electron chi connectivity index (χ4n) is 4.12. The molecule has 8 nitrogen and oxygen atoms in total. The van der Waals surface area contributed by atoms with E-state index in [1.807, 2.05) is 11.0 Å². The minimum absolute atomic E-state index is 0.0385. The van der Waals surface area contributed by atoms with E-state index in [1.54, 1.807) is 11.8 Å². The van der Waals surface area contributed by atoms with Crippen molar-refractivity contribution in [3.63, 3.8) is 0 Å². The lowest BCUT2D eigenvalue weighted by Gasteiger charge is -2.34. The summed E-state index contributed by atoms with van der Waals surface area (Å²) >= 11 is 0. The van der Waals surface area contributed by atoms with Crippen molar-refractivity contribution in [2.45, 2.75) is 45.2 Å². The van der Waals surface area contributed by atoms with Gasteiger partial charge in [-0.05, 0) is 25.3 Å². The van der Waals surface area contributed by atoms with Gasteiger partial charge in [0.05, 0.1) is 29.5 Å². The number of carbonyl (C=O) groups excluding carboxylic acids is 2. The van der Waals surface area contributed by atoms with Crippen LogP contribution in [0.2, 0.25) is 0 Å². The van der Waals surface area contributed by atoms with Crippen LogP contribution in [-0.2, 0) is 22.6 Å². The minimum atomic E-state index is -0.187. The van der Waals surface area contributed by atoms with E-state index in [0.717, 1.165) is 37.2 Å². The van der Waals surface area contributed by atoms with Crippen LogP contribution in [0.4, 0.5) is 0 Å². The number of hydrogen-bond donors (Lipinski definition) is 1. The number of hydrogen-bond acceptors (Lipinski definition) is 4. The molecule has 1 atom stereocenters. The topological polar surface area (TPSA) is 90.8 Å². The molecular weight excluding hydrogens is 346 g/mol. The normalized spacial score (nSPS) is 19.8. The number of H-pyrrole nitrogens is 1. The van der Waals surface area contributed by atoms with Crippen LogP contribution in [0.5, 0.6) is 0 Å². The number of piperidine rings is 1. The van der Waals surface area contributed by atoms with Gasteiger partial charge in [0.15, 0.2) is 5.65 Å². The molecule has 142 valence electrons. The zero-order chi connectivity index (χ0) is 19.1. The molecule has 2 aromatic heterocycles. The molecule has 2 amide bonds. The number of likely N-dealkylation sites (tertiary alicyclic amines) is 1. The van der Waals surface area contributed by atoms with Gasteiger partial charge in [0, 0.05) is 32.5 Å². The highest BCUT2D eigenvalue weighted by Gasteiger charge is 2.29. The summed E-state index contributed by atoms with van der Waals surface area (Å²) in [6.45, 7) is 6.59. The molecule has 2 aliphatic heterocycles. The molecule has 0 aromatic carbocycles. The molecule has 4 heterocycles. The molecule has 27 heavy (non-hydrogen) atoms. The van der Waals surface area contributed by atoms with Crippen molar-refractivity contribution >= 4 is 17.5 Å². The van der Waals surface area contributed by atoms with Gasteiger partial charge in [0.2, 0.25) is 11.8 Å². The number of rotatable bonds is 2. The molecular formula is C19H23N5O3. The number of carbonyl (C=O) groups is 2. The molecule has 1 fully saturated rings. The number of aromatic amines is 1. The Morgan fingerprint density at radius 2 is 2.15 bits per heavy atom. The molecule has 2 aliphatic rings.